The summed E-state index contributed by atoms with van der Waals surface area (Å²) in [5, 5.41) is 12.5. The number of hydrogen-bond acceptors (Lipinski definition) is 3. The summed E-state index contributed by atoms with van der Waals surface area (Å²) in [7, 11) is 1.69. The van der Waals surface area contributed by atoms with Crippen molar-refractivity contribution in [2.75, 3.05) is 12.4 Å². The minimum absolute atomic E-state index is 0.112. The summed E-state index contributed by atoms with van der Waals surface area (Å²) < 4.78 is 5.43. The smallest absolute Gasteiger partial charge is 0.102 e. The molecule has 1 N–H and O–H groups in total. The third-order valence-corrected chi connectivity index (χ3v) is 3.33. The quantitative estimate of drug-likeness (QED) is 0.867. The molecule has 0 spiro atoms. The van der Waals surface area contributed by atoms with E-state index in [1.54, 1.807) is 7.11 Å². The molecule has 1 rings (SSSR count). The number of anilines is 1. The van der Waals surface area contributed by atoms with Crippen molar-refractivity contribution in [2.24, 2.45) is 0 Å². The molecule has 0 saturated heterocycles. The summed E-state index contributed by atoms with van der Waals surface area (Å²) >= 11 is 0. The lowest BCUT2D eigenvalue weighted by molar-refractivity contribution is 0.0107. The molecular weight excluding hydrogens is 212 g/mol. The Morgan fingerprint density at radius 2 is 2.06 bits per heavy atom. The van der Waals surface area contributed by atoms with Gasteiger partial charge in [-0.25, -0.2) is 0 Å². The maximum Gasteiger partial charge on any atom is 0.102 e. The molecule has 0 aliphatic carbocycles. The van der Waals surface area contributed by atoms with E-state index in [0.29, 0.717) is 5.56 Å². The van der Waals surface area contributed by atoms with Crippen LogP contribution >= 0.6 is 0 Å². The van der Waals surface area contributed by atoms with Gasteiger partial charge in [0.2, 0.25) is 0 Å². The Balaban J connectivity index is 2.97. The van der Waals surface area contributed by atoms with Crippen molar-refractivity contribution in [3.8, 4) is 6.07 Å². The molecule has 0 aliphatic rings. The van der Waals surface area contributed by atoms with Gasteiger partial charge < -0.3 is 10.1 Å². The molecule has 0 heterocycles. The van der Waals surface area contributed by atoms with Crippen LogP contribution in [0.2, 0.25) is 0 Å². The molecule has 3 heteroatoms. The first kappa shape index (κ1) is 13.5. The highest BCUT2D eigenvalue weighted by Gasteiger charge is 2.25. The highest BCUT2D eigenvalue weighted by molar-refractivity contribution is 5.61. The number of nitriles is 1. The van der Waals surface area contributed by atoms with E-state index in [1.807, 2.05) is 45.9 Å². The molecular formula is C14H20N2O. The van der Waals surface area contributed by atoms with Crippen molar-refractivity contribution >= 4 is 5.69 Å². The van der Waals surface area contributed by atoms with Crippen LogP contribution in [0.25, 0.3) is 0 Å². The van der Waals surface area contributed by atoms with Gasteiger partial charge in [0.25, 0.3) is 0 Å². The fourth-order valence-electron chi connectivity index (χ4n) is 1.52. The lowest BCUT2D eigenvalue weighted by Crippen LogP contribution is -2.41. The number of methoxy groups -OCH3 is 1. The Labute approximate surface area is 103 Å². The Kier molecular flexibility index (Phi) is 4.14. The number of rotatable bonds is 4. The third kappa shape index (κ3) is 2.98. The molecule has 0 bridgehead atoms. The van der Waals surface area contributed by atoms with Gasteiger partial charge in [-0.1, -0.05) is 12.1 Å². The summed E-state index contributed by atoms with van der Waals surface area (Å²) in [6.45, 7) is 8.03. The van der Waals surface area contributed by atoms with Crippen LogP contribution in [-0.2, 0) is 4.74 Å². The summed E-state index contributed by atoms with van der Waals surface area (Å²) in [6.07, 6.45) is 0. The minimum Gasteiger partial charge on any atom is -0.379 e. The maximum absolute atomic E-state index is 9.15. The van der Waals surface area contributed by atoms with Gasteiger partial charge in [-0.2, -0.15) is 5.26 Å². The molecule has 1 atom stereocenters. The average molecular weight is 232 g/mol. The molecule has 1 unspecified atom stereocenters. The van der Waals surface area contributed by atoms with E-state index < -0.39 is 0 Å². The number of benzene rings is 1. The monoisotopic (exact) mass is 232 g/mol. The maximum atomic E-state index is 9.15. The van der Waals surface area contributed by atoms with E-state index in [-0.39, 0.29) is 11.6 Å². The van der Waals surface area contributed by atoms with Gasteiger partial charge in [-0.3, -0.25) is 0 Å². The average Bonchev–Trinajstić information content (AvgIpc) is 2.29. The van der Waals surface area contributed by atoms with E-state index in [1.165, 1.54) is 0 Å². The summed E-state index contributed by atoms with van der Waals surface area (Å²) in [5.41, 5.74) is 2.27. The van der Waals surface area contributed by atoms with Gasteiger partial charge in [0.15, 0.2) is 0 Å². The second-order valence-corrected chi connectivity index (χ2v) is 4.78. The van der Waals surface area contributed by atoms with E-state index in [2.05, 4.69) is 11.4 Å². The topological polar surface area (TPSA) is 45.0 Å². The minimum atomic E-state index is -0.281. The predicted molar refractivity (Wildman–Crippen MR) is 70.1 cm³/mol. The first-order chi connectivity index (χ1) is 7.92. The molecule has 0 aromatic heterocycles. The molecule has 1 aromatic carbocycles. The van der Waals surface area contributed by atoms with Crippen LogP contribution < -0.4 is 5.32 Å². The largest absolute Gasteiger partial charge is 0.379 e. The molecule has 0 fully saturated rings. The first-order valence-electron chi connectivity index (χ1n) is 5.73. The second-order valence-electron chi connectivity index (χ2n) is 4.78. The van der Waals surface area contributed by atoms with Crippen LogP contribution in [-0.4, -0.2) is 18.8 Å². The molecule has 1 aromatic rings. The van der Waals surface area contributed by atoms with Crippen LogP contribution in [0.3, 0.4) is 0 Å². The molecule has 0 amide bonds. The second kappa shape index (κ2) is 5.20. The van der Waals surface area contributed by atoms with E-state index >= 15 is 0 Å². The van der Waals surface area contributed by atoms with Gasteiger partial charge in [-0.15, -0.1) is 0 Å². The van der Waals surface area contributed by atoms with Gasteiger partial charge in [0, 0.05) is 7.11 Å². The van der Waals surface area contributed by atoms with Crippen LogP contribution in [0.5, 0.6) is 0 Å². The number of nitrogens with one attached hydrogen (secondary N) is 1. The first-order valence-corrected chi connectivity index (χ1v) is 5.73. The van der Waals surface area contributed by atoms with Crippen molar-refractivity contribution in [3.05, 3.63) is 29.3 Å². The van der Waals surface area contributed by atoms with Crippen molar-refractivity contribution < 1.29 is 4.74 Å². The number of aryl methyl sites for hydroxylation is 1. The lowest BCUT2D eigenvalue weighted by atomic mass is 9.99. The predicted octanol–water partition coefficient (Wildman–Crippen LogP) is 3.09. The van der Waals surface area contributed by atoms with Gasteiger partial charge >= 0.3 is 0 Å². The number of nitrogens with zero attached hydrogens (tertiary/aromatic N) is 1. The Bertz CT molecular complexity index is 432. The fourth-order valence-corrected chi connectivity index (χ4v) is 1.52. The summed E-state index contributed by atoms with van der Waals surface area (Å²) in [5.74, 6) is 0. The molecule has 92 valence electrons. The van der Waals surface area contributed by atoms with E-state index in [4.69, 9.17) is 10.00 Å². The highest BCUT2D eigenvalue weighted by Crippen LogP contribution is 2.23. The lowest BCUT2D eigenvalue weighted by Gasteiger charge is -2.32. The van der Waals surface area contributed by atoms with Gasteiger partial charge in [-0.05, 0) is 39.3 Å². The van der Waals surface area contributed by atoms with Crippen LogP contribution in [0, 0.1) is 18.3 Å². The fraction of sp³-hybridized carbons (Fsp3) is 0.500. The summed E-state index contributed by atoms with van der Waals surface area (Å²) in [4.78, 5) is 0. The van der Waals surface area contributed by atoms with E-state index in [0.717, 1.165) is 11.3 Å². The van der Waals surface area contributed by atoms with Gasteiger partial charge in [0.05, 0.1) is 22.9 Å². The molecule has 17 heavy (non-hydrogen) atoms. The molecule has 3 nitrogen and oxygen atoms in total. The van der Waals surface area contributed by atoms with Crippen LogP contribution in [0.4, 0.5) is 5.69 Å². The molecule has 0 radical (unpaired) electrons. The van der Waals surface area contributed by atoms with Crippen LogP contribution in [0.1, 0.15) is 31.9 Å². The van der Waals surface area contributed by atoms with Crippen LogP contribution in [0.15, 0.2) is 18.2 Å². The molecule has 0 aliphatic heterocycles. The van der Waals surface area contributed by atoms with Crippen molar-refractivity contribution in [3.63, 3.8) is 0 Å². The Morgan fingerprint density at radius 3 is 2.59 bits per heavy atom. The number of hydrogen-bond donors (Lipinski definition) is 1. The standard InChI is InChI=1S/C14H20N2O/c1-10-7-6-8-13(12(10)9-15)16-11(2)14(3,4)17-5/h6-8,11,16H,1-5H3. The molecule has 0 saturated carbocycles. The Hall–Kier alpha value is -1.53. The van der Waals surface area contributed by atoms with Gasteiger partial charge in [0.1, 0.15) is 6.07 Å². The Morgan fingerprint density at radius 1 is 1.41 bits per heavy atom. The summed E-state index contributed by atoms with van der Waals surface area (Å²) in [6, 6.07) is 8.16. The van der Waals surface area contributed by atoms with Crippen molar-refractivity contribution in [1.29, 1.82) is 5.26 Å². The SMILES string of the molecule is COC(C)(C)C(C)Nc1cccc(C)c1C#N. The zero-order chi connectivity index (χ0) is 13.1. The van der Waals surface area contributed by atoms with E-state index in [9.17, 15) is 0 Å². The zero-order valence-electron chi connectivity index (χ0n) is 11.2. The van der Waals surface area contributed by atoms with Crippen molar-refractivity contribution in [2.45, 2.75) is 39.3 Å². The zero-order valence-corrected chi connectivity index (χ0v) is 11.2. The normalized spacial score (nSPS) is 12.9. The highest BCUT2D eigenvalue weighted by atomic mass is 16.5. The van der Waals surface area contributed by atoms with Crippen molar-refractivity contribution in [1.82, 2.24) is 0 Å². The third-order valence-electron chi connectivity index (χ3n) is 3.33. The number of ether oxygens (including phenoxy) is 1.